The highest BCUT2D eigenvalue weighted by molar-refractivity contribution is 6.00. The minimum atomic E-state index is -0.319. The summed E-state index contributed by atoms with van der Waals surface area (Å²) >= 11 is 0. The van der Waals surface area contributed by atoms with Gasteiger partial charge in [0, 0.05) is 6.07 Å². The molecule has 5 nitrogen and oxygen atoms in total. The molecule has 0 aliphatic heterocycles. The van der Waals surface area contributed by atoms with Crippen molar-refractivity contribution in [1.82, 2.24) is 0 Å². The first-order valence-electron chi connectivity index (χ1n) is 5.66. The zero-order chi connectivity index (χ0) is 13.5. The largest absolute Gasteiger partial charge is 0.494 e. The fourth-order valence-corrected chi connectivity index (χ4v) is 1.37. The Balaban J connectivity index is 3.07. The quantitative estimate of drug-likeness (QED) is 0.599. The number of rotatable bonds is 6. The van der Waals surface area contributed by atoms with Crippen LogP contribution in [-0.2, 0) is 4.79 Å². The van der Waals surface area contributed by atoms with E-state index in [1.807, 2.05) is 6.92 Å². The molecule has 18 heavy (non-hydrogen) atoms. The van der Waals surface area contributed by atoms with E-state index in [1.54, 1.807) is 12.1 Å². The van der Waals surface area contributed by atoms with Gasteiger partial charge in [-0.1, -0.05) is 13.5 Å². The van der Waals surface area contributed by atoms with Crippen molar-refractivity contribution in [3.63, 3.8) is 0 Å². The predicted octanol–water partition coefficient (Wildman–Crippen LogP) is 2.19. The number of carbonyl (C=O) groups is 1. The minimum Gasteiger partial charge on any atom is -0.494 e. The van der Waals surface area contributed by atoms with Crippen LogP contribution in [0.4, 0.5) is 11.4 Å². The van der Waals surface area contributed by atoms with Gasteiger partial charge in [-0.15, -0.1) is 0 Å². The molecule has 0 spiro atoms. The van der Waals surface area contributed by atoms with E-state index in [9.17, 15) is 4.79 Å². The van der Waals surface area contributed by atoms with Gasteiger partial charge in [0.2, 0.25) is 5.91 Å². The highest BCUT2D eigenvalue weighted by Gasteiger charge is 2.11. The first kappa shape index (κ1) is 13.9. The van der Waals surface area contributed by atoms with Gasteiger partial charge >= 0.3 is 0 Å². The Labute approximate surface area is 107 Å². The summed E-state index contributed by atoms with van der Waals surface area (Å²) in [7, 11) is 1.53. The Kier molecular flexibility index (Phi) is 5.05. The molecule has 0 fully saturated rings. The maximum atomic E-state index is 11.3. The molecule has 1 amide bonds. The molecule has 0 radical (unpaired) electrons. The van der Waals surface area contributed by atoms with E-state index in [0.717, 1.165) is 6.42 Å². The predicted molar refractivity (Wildman–Crippen MR) is 72.0 cm³/mol. The number of nitrogen functional groups attached to an aromatic ring is 1. The second-order valence-corrected chi connectivity index (χ2v) is 3.63. The van der Waals surface area contributed by atoms with Gasteiger partial charge in [-0.3, -0.25) is 4.79 Å². The van der Waals surface area contributed by atoms with E-state index in [1.165, 1.54) is 13.2 Å². The van der Waals surface area contributed by atoms with Crippen LogP contribution in [0.2, 0.25) is 0 Å². The van der Waals surface area contributed by atoms with Crippen LogP contribution in [0.25, 0.3) is 0 Å². The van der Waals surface area contributed by atoms with E-state index in [0.29, 0.717) is 29.5 Å². The molecule has 0 saturated carbocycles. The van der Waals surface area contributed by atoms with Crippen LogP contribution in [0, 0.1) is 0 Å². The van der Waals surface area contributed by atoms with E-state index in [-0.39, 0.29) is 5.91 Å². The van der Waals surface area contributed by atoms with Gasteiger partial charge in [0.1, 0.15) is 11.5 Å². The second kappa shape index (κ2) is 6.54. The molecule has 1 aromatic rings. The topological polar surface area (TPSA) is 73.6 Å². The van der Waals surface area contributed by atoms with Gasteiger partial charge in [-0.05, 0) is 18.6 Å². The molecule has 98 valence electrons. The van der Waals surface area contributed by atoms with Crippen molar-refractivity contribution in [2.24, 2.45) is 0 Å². The molecular formula is C13H18N2O3. The van der Waals surface area contributed by atoms with Crippen molar-refractivity contribution < 1.29 is 14.3 Å². The standard InChI is InChI=1S/C13H18N2O3/c1-4-6-18-12-8-11(17-3)9(14)7-10(12)15-13(16)5-2/h5,7-8H,2,4,6,14H2,1,3H3,(H,15,16). The van der Waals surface area contributed by atoms with Gasteiger partial charge in [0.05, 0.1) is 25.1 Å². The van der Waals surface area contributed by atoms with E-state index in [4.69, 9.17) is 15.2 Å². The Bertz CT molecular complexity index is 444. The molecule has 0 bridgehead atoms. The fourth-order valence-electron chi connectivity index (χ4n) is 1.37. The van der Waals surface area contributed by atoms with Crippen LogP contribution in [0.15, 0.2) is 24.8 Å². The molecular weight excluding hydrogens is 232 g/mol. The van der Waals surface area contributed by atoms with Gasteiger partial charge in [0.15, 0.2) is 0 Å². The number of nitrogens with one attached hydrogen (secondary N) is 1. The van der Waals surface area contributed by atoms with Crippen LogP contribution in [0.5, 0.6) is 11.5 Å². The smallest absolute Gasteiger partial charge is 0.247 e. The van der Waals surface area contributed by atoms with E-state index < -0.39 is 0 Å². The summed E-state index contributed by atoms with van der Waals surface area (Å²) in [6.07, 6.45) is 2.05. The molecule has 1 rings (SSSR count). The first-order chi connectivity index (χ1) is 8.62. The van der Waals surface area contributed by atoms with Crippen LogP contribution in [0.3, 0.4) is 0 Å². The highest BCUT2D eigenvalue weighted by Crippen LogP contribution is 2.34. The number of anilines is 2. The lowest BCUT2D eigenvalue weighted by Gasteiger charge is -2.14. The molecule has 0 heterocycles. The zero-order valence-electron chi connectivity index (χ0n) is 10.7. The number of methoxy groups -OCH3 is 1. The molecule has 0 aliphatic carbocycles. The lowest BCUT2D eigenvalue weighted by Crippen LogP contribution is -2.10. The van der Waals surface area contributed by atoms with Crippen LogP contribution in [0.1, 0.15) is 13.3 Å². The lowest BCUT2D eigenvalue weighted by atomic mass is 10.2. The second-order valence-electron chi connectivity index (χ2n) is 3.63. The molecule has 0 aromatic heterocycles. The van der Waals surface area contributed by atoms with Crippen LogP contribution in [-0.4, -0.2) is 19.6 Å². The molecule has 0 unspecified atom stereocenters. The zero-order valence-corrected chi connectivity index (χ0v) is 10.7. The van der Waals surface area contributed by atoms with Crippen molar-refractivity contribution in [3.8, 4) is 11.5 Å². The monoisotopic (exact) mass is 250 g/mol. The summed E-state index contributed by atoms with van der Waals surface area (Å²) in [6, 6.07) is 3.26. The lowest BCUT2D eigenvalue weighted by molar-refractivity contribution is -0.111. The average Bonchev–Trinajstić information content (AvgIpc) is 2.37. The number of ether oxygens (including phenoxy) is 2. The summed E-state index contributed by atoms with van der Waals surface area (Å²) < 4.78 is 10.7. The van der Waals surface area contributed by atoms with Crippen molar-refractivity contribution in [1.29, 1.82) is 0 Å². The Morgan fingerprint density at radius 3 is 2.78 bits per heavy atom. The fraction of sp³-hybridized carbons (Fsp3) is 0.308. The number of nitrogens with two attached hydrogens (primary N) is 1. The third-order valence-corrected chi connectivity index (χ3v) is 2.24. The summed E-state index contributed by atoms with van der Waals surface area (Å²) in [4.78, 5) is 11.3. The number of hydrogen-bond acceptors (Lipinski definition) is 4. The summed E-state index contributed by atoms with van der Waals surface area (Å²) in [5.74, 6) is 0.719. The van der Waals surface area contributed by atoms with Gasteiger partial charge in [0.25, 0.3) is 0 Å². The Morgan fingerprint density at radius 1 is 1.50 bits per heavy atom. The van der Waals surface area contributed by atoms with Crippen LogP contribution < -0.4 is 20.5 Å². The Hall–Kier alpha value is -2.17. The van der Waals surface area contributed by atoms with Crippen molar-refractivity contribution in [2.75, 3.05) is 24.8 Å². The normalized spacial score (nSPS) is 9.67. The maximum Gasteiger partial charge on any atom is 0.247 e. The van der Waals surface area contributed by atoms with E-state index >= 15 is 0 Å². The number of carbonyl (C=O) groups excluding carboxylic acids is 1. The maximum absolute atomic E-state index is 11.3. The van der Waals surface area contributed by atoms with Crippen molar-refractivity contribution in [3.05, 3.63) is 24.8 Å². The van der Waals surface area contributed by atoms with Crippen LogP contribution >= 0.6 is 0 Å². The third-order valence-electron chi connectivity index (χ3n) is 2.24. The van der Waals surface area contributed by atoms with Gasteiger partial charge in [-0.25, -0.2) is 0 Å². The van der Waals surface area contributed by atoms with Crippen molar-refractivity contribution in [2.45, 2.75) is 13.3 Å². The SMILES string of the molecule is C=CC(=O)Nc1cc(N)c(OC)cc1OCCC. The number of amides is 1. The van der Waals surface area contributed by atoms with E-state index in [2.05, 4.69) is 11.9 Å². The first-order valence-corrected chi connectivity index (χ1v) is 5.66. The average molecular weight is 250 g/mol. The Morgan fingerprint density at radius 2 is 2.22 bits per heavy atom. The number of benzene rings is 1. The summed E-state index contributed by atoms with van der Waals surface area (Å²) in [5, 5.41) is 2.64. The van der Waals surface area contributed by atoms with Gasteiger partial charge < -0.3 is 20.5 Å². The number of hydrogen-bond donors (Lipinski definition) is 2. The minimum absolute atomic E-state index is 0.319. The molecule has 0 atom stereocenters. The molecule has 3 N–H and O–H groups in total. The summed E-state index contributed by atoms with van der Waals surface area (Å²) in [5.41, 5.74) is 6.73. The van der Waals surface area contributed by atoms with Crippen molar-refractivity contribution >= 4 is 17.3 Å². The molecule has 5 heteroatoms. The molecule has 0 aliphatic rings. The highest BCUT2D eigenvalue weighted by atomic mass is 16.5. The third kappa shape index (κ3) is 3.41. The molecule has 0 saturated heterocycles. The summed E-state index contributed by atoms with van der Waals surface area (Å²) in [6.45, 7) is 5.94. The van der Waals surface area contributed by atoms with Gasteiger partial charge in [-0.2, -0.15) is 0 Å². The molecule has 1 aromatic carbocycles.